The Hall–Kier alpha value is -3.00. The van der Waals surface area contributed by atoms with Crippen molar-refractivity contribution in [2.75, 3.05) is 42.6 Å². The van der Waals surface area contributed by atoms with Crippen molar-refractivity contribution in [3.05, 3.63) is 41.7 Å². The minimum Gasteiger partial charge on any atom is -0.494 e. The van der Waals surface area contributed by atoms with E-state index in [1.807, 2.05) is 39.0 Å². The summed E-state index contributed by atoms with van der Waals surface area (Å²) in [5.41, 5.74) is 2.50. The molecule has 0 bridgehead atoms. The molecule has 0 spiro atoms. The Kier molecular flexibility index (Phi) is 6.18. The van der Waals surface area contributed by atoms with Crippen molar-refractivity contribution in [3.8, 4) is 5.75 Å². The first-order valence-electron chi connectivity index (χ1n) is 10.9. The van der Waals surface area contributed by atoms with Crippen LogP contribution in [0.1, 0.15) is 31.2 Å². The molecule has 0 saturated carbocycles. The molecule has 3 heterocycles. The van der Waals surface area contributed by atoms with Crippen LogP contribution in [-0.4, -0.2) is 65.5 Å². The van der Waals surface area contributed by atoms with Crippen LogP contribution in [0.5, 0.6) is 5.75 Å². The van der Waals surface area contributed by atoms with E-state index in [-0.39, 0.29) is 18.2 Å². The van der Waals surface area contributed by atoms with Gasteiger partial charge in [0.25, 0.3) is 5.91 Å². The minimum absolute atomic E-state index is 0.150. The molecule has 0 aliphatic carbocycles. The van der Waals surface area contributed by atoms with Gasteiger partial charge in [-0.05, 0) is 50.6 Å². The molecule has 1 atom stereocenters. The van der Waals surface area contributed by atoms with E-state index in [4.69, 9.17) is 4.74 Å². The SMILES string of the molecule is CCCOc1ccc(N2C(=O)CC(N3CCN(c4nc(C)cc(C)n4)CC3)C2=O)cc1. The molecule has 1 aromatic heterocycles. The Morgan fingerprint density at radius 2 is 1.65 bits per heavy atom. The van der Waals surface area contributed by atoms with Crippen molar-refractivity contribution in [3.63, 3.8) is 0 Å². The van der Waals surface area contributed by atoms with Crippen LogP contribution in [0.25, 0.3) is 0 Å². The molecule has 2 amide bonds. The summed E-state index contributed by atoms with van der Waals surface area (Å²) in [6, 6.07) is 8.71. The zero-order chi connectivity index (χ0) is 22.0. The molecule has 2 aromatic rings. The third-order valence-electron chi connectivity index (χ3n) is 5.70. The number of carbonyl (C=O) groups excluding carboxylic acids is 2. The number of hydrogen-bond donors (Lipinski definition) is 0. The molecule has 2 aliphatic heterocycles. The number of piperazine rings is 1. The standard InChI is InChI=1S/C23H29N5O3/c1-4-13-31-19-7-5-18(6-8-19)28-21(29)15-20(22(28)30)26-9-11-27(12-10-26)23-24-16(2)14-17(3)25-23/h5-8,14,20H,4,9-13,15H2,1-3H3. The second-order valence-electron chi connectivity index (χ2n) is 8.10. The lowest BCUT2D eigenvalue weighted by Gasteiger charge is -2.37. The summed E-state index contributed by atoms with van der Waals surface area (Å²) in [6.07, 6.45) is 1.14. The summed E-state index contributed by atoms with van der Waals surface area (Å²) in [6.45, 7) is 9.46. The molecule has 0 radical (unpaired) electrons. The number of imide groups is 1. The van der Waals surface area contributed by atoms with E-state index >= 15 is 0 Å². The zero-order valence-electron chi connectivity index (χ0n) is 18.4. The van der Waals surface area contributed by atoms with Gasteiger partial charge in [0.05, 0.1) is 24.8 Å². The van der Waals surface area contributed by atoms with Gasteiger partial charge in [0, 0.05) is 37.6 Å². The number of rotatable bonds is 6. The van der Waals surface area contributed by atoms with Crippen molar-refractivity contribution in [1.29, 1.82) is 0 Å². The predicted molar refractivity (Wildman–Crippen MR) is 118 cm³/mol. The second kappa shape index (κ2) is 9.01. The molecule has 2 fully saturated rings. The predicted octanol–water partition coefficient (Wildman–Crippen LogP) is 2.34. The lowest BCUT2D eigenvalue weighted by atomic mass is 10.2. The summed E-state index contributed by atoms with van der Waals surface area (Å²) in [7, 11) is 0. The van der Waals surface area contributed by atoms with Crippen LogP contribution in [0.3, 0.4) is 0 Å². The van der Waals surface area contributed by atoms with Gasteiger partial charge in [-0.3, -0.25) is 14.5 Å². The van der Waals surface area contributed by atoms with Crippen LogP contribution in [0, 0.1) is 13.8 Å². The van der Waals surface area contributed by atoms with E-state index < -0.39 is 6.04 Å². The van der Waals surface area contributed by atoms with Crippen LogP contribution in [0.4, 0.5) is 11.6 Å². The van der Waals surface area contributed by atoms with Crippen molar-refractivity contribution in [1.82, 2.24) is 14.9 Å². The first-order valence-corrected chi connectivity index (χ1v) is 10.9. The molecule has 2 aliphatic rings. The summed E-state index contributed by atoms with van der Waals surface area (Å²) < 4.78 is 5.59. The first-order chi connectivity index (χ1) is 15.0. The third-order valence-corrected chi connectivity index (χ3v) is 5.70. The van der Waals surface area contributed by atoms with Gasteiger partial charge >= 0.3 is 0 Å². The fourth-order valence-corrected chi connectivity index (χ4v) is 4.17. The topological polar surface area (TPSA) is 78.9 Å². The first kappa shape index (κ1) is 21.2. The van der Waals surface area contributed by atoms with E-state index in [1.54, 1.807) is 12.1 Å². The number of hydrogen-bond acceptors (Lipinski definition) is 7. The van der Waals surface area contributed by atoms with Crippen molar-refractivity contribution in [2.45, 2.75) is 39.7 Å². The molecule has 1 unspecified atom stereocenters. The van der Waals surface area contributed by atoms with Gasteiger partial charge < -0.3 is 9.64 Å². The molecule has 1 aromatic carbocycles. The number of aromatic nitrogens is 2. The highest BCUT2D eigenvalue weighted by Gasteiger charge is 2.43. The zero-order valence-corrected chi connectivity index (χ0v) is 18.4. The van der Waals surface area contributed by atoms with Crippen LogP contribution in [0.2, 0.25) is 0 Å². The van der Waals surface area contributed by atoms with Crippen LogP contribution in [-0.2, 0) is 9.59 Å². The van der Waals surface area contributed by atoms with E-state index in [0.717, 1.165) is 42.6 Å². The third kappa shape index (κ3) is 4.54. The van der Waals surface area contributed by atoms with Gasteiger partial charge in [-0.2, -0.15) is 0 Å². The highest BCUT2D eigenvalue weighted by atomic mass is 16.5. The summed E-state index contributed by atoms with van der Waals surface area (Å²) in [5, 5.41) is 0. The Morgan fingerprint density at radius 3 is 2.26 bits per heavy atom. The Morgan fingerprint density at radius 1 is 1.00 bits per heavy atom. The van der Waals surface area contributed by atoms with Gasteiger partial charge in [0.15, 0.2) is 0 Å². The number of carbonyl (C=O) groups is 2. The van der Waals surface area contributed by atoms with Gasteiger partial charge in [0.2, 0.25) is 11.9 Å². The fourth-order valence-electron chi connectivity index (χ4n) is 4.17. The van der Waals surface area contributed by atoms with Crippen LogP contribution >= 0.6 is 0 Å². The highest BCUT2D eigenvalue weighted by Crippen LogP contribution is 2.28. The number of amides is 2. The average Bonchev–Trinajstić information content (AvgIpc) is 3.06. The molecular formula is C23H29N5O3. The maximum atomic E-state index is 13.1. The molecule has 164 valence electrons. The normalized spacial score (nSPS) is 19.9. The van der Waals surface area contributed by atoms with Crippen LogP contribution in [0.15, 0.2) is 30.3 Å². The van der Waals surface area contributed by atoms with Gasteiger partial charge in [-0.25, -0.2) is 14.9 Å². The van der Waals surface area contributed by atoms with Gasteiger partial charge in [0.1, 0.15) is 5.75 Å². The molecular weight excluding hydrogens is 394 g/mol. The number of nitrogens with zero attached hydrogens (tertiary/aromatic N) is 5. The summed E-state index contributed by atoms with van der Waals surface area (Å²) in [4.78, 5) is 40.4. The maximum Gasteiger partial charge on any atom is 0.251 e. The average molecular weight is 424 g/mol. The minimum atomic E-state index is -0.411. The smallest absolute Gasteiger partial charge is 0.251 e. The quantitative estimate of drug-likeness (QED) is 0.660. The molecule has 0 N–H and O–H groups in total. The Labute approximate surface area is 182 Å². The number of benzene rings is 1. The summed E-state index contributed by atoms with van der Waals surface area (Å²) in [5.74, 6) is 1.17. The fraction of sp³-hybridized carbons (Fsp3) is 0.478. The molecule has 31 heavy (non-hydrogen) atoms. The summed E-state index contributed by atoms with van der Waals surface area (Å²) >= 11 is 0. The van der Waals surface area contributed by atoms with E-state index in [2.05, 4.69) is 19.8 Å². The van der Waals surface area contributed by atoms with E-state index in [0.29, 0.717) is 25.4 Å². The maximum absolute atomic E-state index is 13.1. The molecule has 8 nitrogen and oxygen atoms in total. The van der Waals surface area contributed by atoms with E-state index in [1.165, 1.54) is 4.90 Å². The number of ether oxygens (including phenoxy) is 1. The second-order valence-corrected chi connectivity index (χ2v) is 8.10. The van der Waals surface area contributed by atoms with Gasteiger partial charge in [-0.1, -0.05) is 6.92 Å². The molecule has 4 rings (SSSR count). The number of anilines is 2. The van der Waals surface area contributed by atoms with Gasteiger partial charge in [-0.15, -0.1) is 0 Å². The Balaban J connectivity index is 1.40. The lowest BCUT2D eigenvalue weighted by Crippen LogP contribution is -2.53. The highest BCUT2D eigenvalue weighted by molar-refractivity contribution is 6.22. The molecule has 2 saturated heterocycles. The number of aryl methyl sites for hydroxylation is 2. The Bertz CT molecular complexity index is 934. The monoisotopic (exact) mass is 423 g/mol. The van der Waals surface area contributed by atoms with Crippen LogP contribution < -0.4 is 14.5 Å². The van der Waals surface area contributed by atoms with Crippen molar-refractivity contribution in [2.24, 2.45) is 0 Å². The van der Waals surface area contributed by atoms with Crippen molar-refractivity contribution >= 4 is 23.5 Å². The van der Waals surface area contributed by atoms with E-state index in [9.17, 15) is 9.59 Å². The largest absolute Gasteiger partial charge is 0.494 e. The van der Waals surface area contributed by atoms with Crippen molar-refractivity contribution < 1.29 is 14.3 Å². The molecule has 8 heteroatoms. The lowest BCUT2D eigenvalue weighted by molar-refractivity contribution is -0.123.